The molecule has 0 amide bonds. The molecule has 0 N–H and O–H groups in total. The van der Waals surface area contributed by atoms with Crippen molar-refractivity contribution in [1.82, 2.24) is 19.8 Å². The molecule has 6 rings (SSSR count). The number of benzene rings is 2. The summed E-state index contributed by atoms with van der Waals surface area (Å²) in [4.78, 5) is 18.6. The predicted molar refractivity (Wildman–Crippen MR) is 142 cm³/mol. The third kappa shape index (κ3) is 4.31. The first-order valence-electron chi connectivity index (χ1n) is 12.6. The van der Waals surface area contributed by atoms with Gasteiger partial charge in [0.05, 0.1) is 5.39 Å². The van der Waals surface area contributed by atoms with Crippen LogP contribution in [0.2, 0.25) is 0 Å². The van der Waals surface area contributed by atoms with E-state index >= 15 is 0 Å². The number of halogens is 1. The van der Waals surface area contributed by atoms with Gasteiger partial charge in [0.1, 0.15) is 23.7 Å². The monoisotopic (exact) mass is 486 g/mol. The van der Waals surface area contributed by atoms with Crippen LogP contribution in [0.15, 0.2) is 59.3 Å². The summed E-state index contributed by atoms with van der Waals surface area (Å²) in [5.74, 6) is 1.34. The summed E-state index contributed by atoms with van der Waals surface area (Å²) >= 11 is 0. The van der Waals surface area contributed by atoms with Crippen molar-refractivity contribution in [3.05, 3.63) is 60.7 Å². The van der Waals surface area contributed by atoms with Crippen molar-refractivity contribution in [2.24, 2.45) is 0 Å². The summed E-state index contributed by atoms with van der Waals surface area (Å²) in [6.45, 7) is 7.86. The molecule has 0 spiro atoms. The lowest BCUT2D eigenvalue weighted by Gasteiger charge is -2.34. The van der Waals surface area contributed by atoms with Gasteiger partial charge in [-0.15, -0.1) is 0 Å². The number of piperazine rings is 2. The second kappa shape index (κ2) is 9.52. The van der Waals surface area contributed by atoms with E-state index in [-0.39, 0.29) is 5.82 Å². The molecule has 7 nitrogen and oxygen atoms in total. The quantitative estimate of drug-likeness (QED) is 0.429. The van der Waals surface area contributed by atoms with Crippen LogP contribution in [-0.4, -0.2) is 86.2 Å². The van der Waals surface area contributed by atoms with E-state index in [1.807, 2.05) is 12.1 Å². The molecule has 0 saturated carbocycles. The zero-order valence-corrected chi connectivity index (χ0v) is 20.8. The molecule has 2 fully saturated rings. The number of hydrogen-bond acceptors (Lipinski definition) is 7. The number of anilines is 2. The normalized spacial score (nSPS) is 17.8. The standard InChI is InChI=1S/C28H31FN6O/c1-32-11-15-34(16-12-32)23-9-5-21(6-10-23)26-24(20-3-7-22(29)8-4-20)25-27(30-19-31-28(25)36-26)35-17-13-33(2)14-18-35/h3-10,19H,11-18H2,1-2H3. The van der Waals surface area contributed by atoms with Crippen LogP contribution in [0, 0.1) is 5.82 Å². The molecule has 0 unspecified atom stereocenters. The van der Waals surface area contributed by atoms with Gasteiger partial charge in [-0.1, -0.05) is 12.1 Å². The average Bonchev–Trinajstić information content (AvgIpc) is 3.30. The van der Waals surface area contributed by atoms with E-state index in [1.54, 1.807) is 6.33 Å². The van der Waals surface area contributed by atoms with Crippen LogP contribution in [0.4, 0.5) is 15.9 Å². The molecule has 2 aromatic carbocycles. The Kier molecular flexibility index (Phi) is 6.07. The Labute approximate surface area is 210 Å². The van der Waals surface area contributed by atoms with Gasteiger partial charge in [0.25, 0.3) is 0 Å². The maximum absolute atomic E-state index is 13.8. The lowest BCUT2D eigenvalue weighted by molar-refractivity contribution is 0.312. The fourth-order valence-electron chi connectivity index (χ4n) is 5.16. The minimum Gasteiger partial charge on any atom is -0.437 e. The van der Waals surface area contributed by atoms with Gasteiger partial charge in [0.2, 0.25) is 5.71 Å². The molecule has 36 heavy (non-hydrogen) atoms. The van der Waals surface area contributed by atoms with E-state index in [9.17, 15) is 4.39 Å². The van der Waals surface area contributed by atoms with Gasteiger partial charge in [-0.3, -0.25) is 0 Å². The lowest BCUT2D eigenvalue weighted by atomic mass is 9.98. The Hall–Kier alpha value is -3.49. The second-order valence-electron chi connectivity index (χ2n) is 9.82. The molecule has 0 aliphatic carbocycles. The third-order valence-electron chi connectivity index (χ3n) is 7.40. The summed E-state index contributed by atoms with van der Waals surface area (Å²) in [6.07, 6.45) is 1.58. The van der Waals surface area contributed by atoms with E-state index in [2.05, 4.69) is 62.9 Å². The highest BCUT2D eigenvalue weighted by Gasteiger charge is 2.26. The maximum Gasteiger partial charge on any atom is 0.232 e. The van der Waals surface area contributed by atoms with Crippen molar-refractivity contribution in [3.8, 4) is 22.5 Å². The maximum atomic E-state index is 13.8. The Bertz CT molecular complexity index is 1340. The van der Waals surface area contributed by atoms with Gasteiger partial charge >= 0.3 is 0 Å². The van der Waals surface area contributed by atoms with Gasteiger partial charge < -0.3 is 24.0 Å². The number of rotatable bonds is 4. The summed E-state index contributed by atoms with van der Waals surface area (Å²) in [7, 11) is 4.30. The van der Waals surface area contributed by atoms with Crippen molar-refractivity contribution < 1.29 is 8.81 Å². The van der Waals surface area contributed by atoms with Crippen molar-refractivity contribution in [2.75, 3.05) is 76.3 Å². The average molecular weight is 487 g/mol. The number of furan rings is 1. The van der Waals surface area contributed by atoms with Crippen LogP contribution in [0.25, 0.3) is 33.6 Å². The molecule has 2 aliphatic rings. The summed E-state index contributed by atoms with van der Waals surface area (Å²) < 4.78 is 20.3. The van der Waals surface area contributed by atoms with Crippen molar-refractivity contribution in [2.45, 2.75) is 0 Å². The molecule has 4 aromatic rings. The zero-order chi connectivity index (χ0) is 24.6. The van der Waals surface area contributed by atoms with E-state index in [4.69, 9.17) is 9.40 Å². The van der Waals surface area contributed by atoms with Gasteiger partial charge in [0.15, 0.2) is 0 Å². The molecule has 2 aromatic heterocycles. The zero-order valence-electron chi connectivity index (χ0n) is 20.8. The minimum atomic E-state index is -0.264. The van der Waals surface area contributed by atoms with Crippen LogP contribution in [0.3, 0.4) is 0 Å². The van der Waals surface area contributed by atoms with Crippen molar-refractivity contribution in [3.63, 3.8) is 0 Å². The Balaban J connectivity index is 1.45. The van der Waals surface area contributed by atoms with E-state index in [0.717, 1.165) is 86.0 Å². The summed E-state index contributed by atoms with van der Waals surface area (Å²) in [5, 5.41) is 0.881. The molecule has 186 valence electrons. The highest BCUT2D eigenvalue weighted by molar-refractivity contribution is 6.06. The Morgan fingerprint density at radius 3 is 1.92 bits per heavy atom. The van der Waals surface area contributed by atoms with Gasteiger partial charge in [0, 0.05) is 69.2 Å². The minimum absolute atomic E-state index is 0.264. The molecular weight excluding hydrogens is 455 g/mol. The molecule has 8 heteroatoms. The highest BCUT2D eigenvalue weighted by atomic mass is 19.1. The number of nitrogens with zero attached hydrogens (tertiary/aromatic N) is 6. The molecule has 2 saturated heterocycles. The molecule has 0 bridgehead atoms. The van der Waals surface area contributed by atoms with Crippen LogP contribution in [-0.2, 0) is 0 Å². The molecule has 4 heterocycles. The summed E-state index contributed by atoms with van der Waals surface area (Å²) in [6, 6.07) is 15.2. The topological polar surface area (TPSA) is 51.9 Å². The molecule has 0 atom stereocenters. The number of aromatic nitrogens is 2. The first kappa shape index (κ1) is 22.9. The van der Waals surface area contributed by atoms with Gasteiger partial charge in [-0.25, -0.2) is 14.4 Å². The van der Waals surface area contributed by atoms with Crippen LogP contribution >= 0.6 is 0 Å². The number of hydrogen-bond donors (Lipinski definition) is 0. The Morgan fingerprint density at radius 1 is 0.694 bits per heavy atom. The molecule has 2 aliphatic heterocycles. The third-order valence-corrected chi connectivity index (χ3v) is 7.40. The number of likely N-dealkylation sites (N-methyl/N-ethyl adjacent to an activating group) is 2. The predicted octanol–water partition coefficient (Wildman–Crippen LogP) is 4.20. The van der Waals surface area contributed by atoms with Crippen LogP contribution in [0.5, 0.6) is 0 Å². The van der Waals surface area contributed by atoms with E-state index < -0.39 is 0 Å². The SMILES string of the molecule is CN1CCN(c2ccc(-c3oc4ncnc(N5CCN(C)CC5)c4c3-c3ccc(F)cc3)cc2)CC1. The summed E-state index contributed by atoms with van der Waals surface area (Å²) in [5.41, 5.74) is 4.53. The lowest BCUT2D eigenvalue weighted by Crippen LogP contribution is -2.44. The second-order valence-corrected chi connectivity index (χ2v) is 9.82. The number of fused-ring (bicyclic) bond motifs is 1. The van der Waals surface area contributed by atoms with E-state index in [0.29, 0.717) is 5.71 Å². The molecular formula is C28H31FN6O. The smallest absolute Gasteiger partial charge is 0.232 e. The van der Waals surface area contributed by atoms with E-state index in [1.165, 1.54) is 17.8 Å². The fraction of sp³-hybridized carbons (Fsp3) is 0.357. The largest absolute Gasteiger partial charge is 0.437 e. The van der Waals surface area contributed by atoms with Crippen molar-refractivity contribution in [1.29, 1.82) is 0 Å². The van der Waals surface area contributed by atoms with Crippen molar-refractivity contribution >= 4 is 22.6 Å². The first-order valence-corrected chi connectivity index (χ1v) is 12.6. The van der Waals surface area contributed by atoms with Crippen LogP contribution < -0.4 is 9.80 Å². The molecule has 0 radical (unpaired) electrons. The van der Waals surface area contributed by atoms with Gasteiger partial charge in [-0.2, -0.15) is 0 Å². The Morgan fingerprint density at radius 2 is 1.28 bits per heavy atom. The highest BCUT2D eigenvalue weighted by Crippen LogP contribution is 2.43. The van der Waals surface area contributed by atoms with Gasteiger partial charge in [-0.05, 0) is 56.1 Å². The van der Waals surface area contributed by atoms with Crippen LogP contribution in [0.1, 0.15) is 0 Å². The fourth-order valence-corrected chi connectivity index (χ4v) is 5.16. The first-order chi connectivity index (χ1) is 17.6.